The zero-order valence-corrected chi connectivity index (χ0v) is 20.5. The second-order valence-corrected chi connectivity index (χ2v) is 9.21. The van der Waals surface area contributed by atoms with Gasteiger partial charge in [-0.15, -0.1) is 0 Å². The molecular weight excluding hydrogens is 498 g/mol. The second-order valence-electron chi connectivity index (χ2n) is 8.29. The van der Waals surface area contributed by atoms with Crippen LogP contribution in [0.4, 0.5) is 0 Å². The largest absolute Gasteiger partial charge is 0.444 e. The summed E-state index contributed by atoms with van der Waals surface area (Å²) in [4.78, 5) is 34.9. The maximum Gasteiger partial charge on any atom is 0.332 e. The van der Waals surface area contributed by atoms with Crippen LogP contribution in [-0.2, 0) is 27.1 Å². The maximum absolute atomic E-state index is 13.1. The van der Waals surface area contributed by atoms with Crippen LogP contribution in [0.1, 0.15) is 22.6 Å². The van der Waals surface area contributed by atoms with Gasteiger partial charge in [0.25, 0.3) is 5.56 Å². The summed E-state index contributed by atoms with van der Waals surface area (Å²) in [5.74, 6) is 1.24. The molecule has 0 saturated heterocycles. The Morgan fingerprint density at radius 1 is 0.971 bits per heavy atom. The third-order valence-corrected chi connectivity index (χ3v) is 6.31. The molecule has 0 radical (unpaired) electrons. The Morgan fingerprint density at radius 2 is 1.74 bits per heavy atom. The van der Waals surface area contributed by atoms with Crippen molar-refractivity contribution in [1.29, 1.82) is 0 Å². The van der Waals surface area contributed by atoms with E-state index in [-0.39, 0.29) is 5.56 Å². The van der Waals surface area contributed by atoms with E-state index in [4.69, 9.17) is 9.40 Å². The number of nitrogens with zero attached hydrogens (tertiary/aromatic N) is 5. The molecule has 0 aliphatic carbocycles. The Balaban J connectivity index is 1.66. The molecular formula is C25H22BrN5O3. The van der Waals surface area contributed by atoms with Gasteiger partial charge >= 0.3 is 5.69 Å². The molecule has 0 aliphatic heterocycles. The number of imidazole rings is 1. The molecule has 0 saturated carbocycles. The lowest BCUT2D eigenvalue weighted by Crippen LogP contribution is -2.37. The van der Waals surface area contributed by atoms with Gasteiger partial charge in [0.15, 0.2) is 11.2 Å². The summed E-state index contributed by atoms with van der Waals surface area (Å²) < 4.78 is 11.0. The van der Waals surface area contributed by atoms with Gasteiger partial charge in [-0.2, -0.15) is 0 Å². The number of aryl methyl sites for hydroxylation is 2. The van der Waals surface area contributed by atoms with Crippen LogP contribution in [0.2, 0.25) is 0 Å². The molecule has 0 bridgehead atoms. The number of hydrogen-bond donors (Lipinski definition) is 0. The highest BCUT2D eigenvalue weighted by Gasteiger charge is 2.20. The van der Waals surface area contributed by atoms with Crippen molar-refractivity contribution in [2.75, 3.05) is 0 Å². The van der Waals surface area contributed by atoms with Crippen molar-refractivity contribution in [2.24, 2.45) is 14.1 Å². The van der Waals surface area contributed by atoms with Crippen LogP contribution in [0.5, 0.6) is 0 Å². The molecule has 0 amide bonds. The van der Waals surface area contributed by atoms with Crippen molar-refractivity contribution in [1.82, 2.24) is 23.7 Å². The normalized spacial score (nSPS) is 11.4. The van der Waals surface area contributed by atoms with E-state index in [9.17, 15) is 9.59 Å². The van der Waals surface area contributed by atoms with Gasteiger partial charge in [0.1, 0.15) is 12.1 Å². The lowest BCUT2D eigenvalue weighted by molar-refractivity contribution is 0.573. The number of halogens is 1. The van der Waals surface area contributed by atoms with Gasteiger partial charge in [0, 0.05) is 37.1 Å². The summed E-state index contributed by atoms with van der Waals surface area (Å²) in [6.07, 6.45) is 2.09. The molecule has 0 fully saturated rings. The number of hydrogen-bond acceptors (Lipinski definition) is 5. The predicted octanol–water partition coefficient (Wildman–Crippen LogP) is 3.80. The van der Waals surface area contributed by atoms with Crippen molar-refractivity contribution < 1.29 is 4.42 Å². The van der Waals surface area contributed by atoms with Crippen molar-refractivity contribution in [2.45, 2.75) is 19.9 Å². The molecule has 9 heteroatoms. The van der Waals surface area contributed by atoms with Crippen molar-refractivity contribution in [3.63, 3.8) is 0 Å². The Morgan fingerprint density at radius 3 is 2.47 bits per heavy atom. The molecule has 0 spiro atoms. The van der Waals surface area contributed by atoms with Crippen LogP contribution in [0, 0.1) is 6.92 Å². The van der Waals surface area contributed by atoms with Gasteiger partial charge < -0.3 is 8.98 Å². The van der Waals surface area contributed by atoms with Gasteiger partial charge in [-0.25, -0.2) is 14.8 Å². The molecule has 3 heterocycles. The monoisotopic (exact) mass is 519 g/mol. The van der Waals surface area contributed by atoms with E-state index in [1.165, 1.54) is 11.6 Å². The summed E-state index contributed by atoms with van der Waals surface area (Å²) in [6, 6.07) is 15.8. The first-order valence-electron chi connectivity index (χ1n) is 10.7. The predicted molar refractivity (Wildman–Crippen MR) is 133 cm³/mol. The molecule has 5 rings (SSSR count). The van der Waals surface area contributed by atoms with E-state index in [0.29, 0.717) is 35.8 Å². The van der Waals surface area contributed by atoms with Gasteiger partial charge in [-0.05, 0) is 42.3 Å². The van der Waals surface area contributed by atoms with Gasteiger partial charge in [-0.1, -0.05) is 40.2 Å². The molecule has 2 aromatic carbocycles. The third kappa shape index (κ3) is 3.92. The first-order chi connectivity index (χ1) is 16.3. The average Bonchev–Trinajstić information content (AvgIpc) is 3.41. The van der Waals surface area contributed by atoms with Crippen LogP contribution in [-0.4, -0.2) is 23.7 Å². The molecule has 0 unspecified atom stereocenters. The highest BCUT2D eigenvalue weighted by Crippen LogP contribution is 2.23. The van der Waals surface area contributed by atoms with Gasteiger partial charge in [0.2, 0.25) is 5.89 Å². The molecule has 0 atom stereocenters. The number of oxazole rings is 1. The maximum atomic E-state index is 13.1. The standard InChI is InChI=1S/C25H22BrN5O3/c1-15-14-34-23(27-15)18-8-4-6-16(10-18)12-20-28-22-21(24(32)30(3)25(33)29(22)2)31(20)13-17-7-5-9-19(26)11-17/h4-11,14H,12-13H2,1-3H3. The lowest BCUT2D eigenvalue weighted by atomic mass is 10.1. The van der Waals surface area contributed by atoms with Crippen LogP contribution >= 0.6 is 15.9 Å². The van der Waals surface area contributed by atoms with E-state index in [0.717, 1.165) is 31.4 Å². The number of aromatic nitrogens is 5. The van der Waals surface area contributed by atoms with Crippen molar-refractivity contribution in [3.05, 3.63) is 103 Å². The van der Waals surface area contributed by atoms with Crippen LogP contribution in [0.3, 0.4) is 0 Å². The zero-order chi connectivity index (χ0) is 24.0. The third-order valence-electron chi connectivity index (χ3n) is 5.81. The van der Waals surface area contributed by atoms with Crippen LogP contribution in [0.25, 0.3) is 22.6 Å². The Labute approximate surface area is 203 Å². The highest BCUT2D eigenvalue weighted by atomic mass is 79.9. The minimum absolute atomic E-state index is 0.365. The summed E-state index contributed by atoms with van der Waals surface area (Å²) >= 11 is 3.52. The minimum Gasteiger partial charge on any atom is -0.444 e. The smallest absolute Gasteiger partial charge is 0.332 e. The molecule has 34 heavy (non-hydrogen) atoms. The molecule has 3 aromatic heterocycles. The van der Waals surface area contributed by atoms with Crippen molar-refractivity contribution >= 4 is 27.1 Å². The fourth-order valence-corrected chi connectivity index (χ4v) is 4.54. The summed E-state index contributed by atoms with van der Waals surface area (Å²) in [5.41, 5.74) is 3.68. The Bertz CT molecular complexity index is 1660. The molecule has 0 aliphatic rings. The SMILES string of the molecule is Cc1coc(-c2cccc(Cc3nc4c(c(=O)n(C)c(=O)n4C)n3Cc3cccc(Br)c3)c2)n1. The molecule has 172 valence electrons. The van der Waals surface area contributed by atoms with E-state index >= 15 is 0 Å². The van der Waals surface area contributed by atoms with E-state index in [1.54, 1.807) is 13.3 Å². The second kappa shape index (κ2) is 8.57. The molecule has 8 nitrogen and oxygen atoms in total. The molecule has 0 N–H and O–H groups in total. The fraction of sp³-hybridized carbons (Fsp3) is 0.200. The fourth-order valence-electron chi connectivity index (χ4n) is 4.10. The quantitative estimate of drug-likeness (QED) is 0.352. The zero-order valence-electron chi connectivity index (χ0n) is 18.9. The topological polar surface area (TPSA) is 87.9 Å². The van der Waals surface area contributed by atoms with Crippen LogP contribution < -0.4 is 11.2 Å². The Kier molecular flexibility index (Phi) is 5.57. The van der Waals surface area contributed by atoms with Gasteiger partial charge in [-0.3, -0.25) is 13.9 Å². The van der Waals surface area contributed by atoms with Crippen LogP contribution in [0.15, 0.2) is 73.3 Å². The number of rotatable bonds is 5. The highest BCUT2D eigenvalue weighted by molar-refractivity contribution is 9.10. The van der Waals surface area contributed by atoms with E-state index in [2.05, 4.69) is 20.9 Å². The van der Waals surface area contributed by atoms with Crippen molar-refractivity contribution in [3.8, 4) is 11.5 Å². The number of fused-ring (bicyclic) bond motifs is 1. The first-order valence-corrected chi connectivity index (χ1v) is 11.5. The minimum atomic E-state index is -0.405. The summed E-state index contributed by atoms with van der Waals surface area (Å²) in [6.45, 7) is 2.32. The number of benzene rings is 2. The summed E-state index contributed by atoms with van der Waals surface area (Å²) in [7, 11) is 3.12. The van der Waals surface area contributed by atoms with Gasteiger partial charge in [0.05, 0.1) is 5.69 Å². The van der Waals surface area contributed by atoms with E-state index < -0.39 is 5.69 Å². The summed E-state index contributed by atoms with van der Waals surface area (Å²) in [5, 5.41) is 0. The first kappa shape index (κ1) is 22.1. The molecule has 5 aromatic rings. The lowest BCUT2D eigenvalue weighted by Gasteiger charge is -2.11. The van der Waals surface area contributed by atoms with E-state index in [1.807, 2.05) is 60.0 Å². The Hall–Kier alpha value is -3.72. The average molecular weight is 520 g/mol.